The Labute approximate surface area is 149 Å². The fraction of sp³-hybridized carbons (Fsp3) is 0.562. The van der Waals surface area contributed by atoms with Crippen molar-refractivity contribution in [2.24, 2.45) is 5.92 Å². The molecule has 0 saturated carbocycles. The van der Waals surface area contributed by atoms with Crippen LogP contribution in [-0.4, -0.2) is 38.7 Å². The molecular weight excluding hydrogens is 374 g/mol. The van der Waals surface area contributed by atoms with Gasteiger partial charge in [-0.3, -0.25) is 9.48 Å². The predicted molar refractivity (Wildman–Crippen MR) is 94.0 cm³/mol. The lowest BCUT2D eigenvalue weighted by molar-refractivity contribution is 0.102. The Bertz CT molecular complexity index is 725. The quantitative estimate of drug-likeness (QED) is 0.863. The van der Waals surface area contributed by atoms with Crippen LogP contribution in [0.4, 0.5) is 5.82 Å². The number of ether oxygens (including phenoxy) is 1. The Morgan fingerprint density at radius 3 is 2.92 bits per heavy atom. The van der Waals surface area contributed by atoms with E-state index in [1.165, 1.54) is 0 Å². The fourth-order valence-electron chi connectivity index (χ4n) is 2.59. The average Bonchev–Trinajstić information content (AvgIpc) is 3.21. The number of nitrogens with zero attached hydrogens (tertiary/aromatic N) is 4. The Kier molecular flexibility index (Phi) is 4.78. The molecule has 1 N–H and O–H groups in total. The van der Waals surface area contributed by atoms with Gasteiger partial charge < -0.3 is 10.1 Å². The molecule has 1 amide bonds. The average molecular weight is 396 g/mol. The third kappa shape index (κ3) is 3.70. The van der Waals surface area contributed by atoms with Gasteiger partial charge in [-0.25, -0.2) is 4.68 Å². The first-order chi connectivity index (χ1) is 11.3. The smallest absolute Gasteiger partial charge is 0.261 e. The Balaban J connectivity index is 1.73. The van der Waals surface area contributed by atoms with Crippen molar-refractivity contribution in [3.05, 3.63) is 28.6 Å². The van der Waals surface area contributed by atoms with Crippen LogP contribution >= 0.6 is 15.9 Å². The van der Waals surface area contributed by atoms with Gasteiger partial charge in [-0.15, -0.1) is 0 Å². The second-order valence-corrected chi connectivity index (χ2v) is 7.78. The minimum atomic E-state index is -0.207. The maximum absolute atomic E-state index is 12.6. The van der Waals surface area contributed by atoms with Gasteiger partial charge in [0.1, 0.15) is 10.4 Å². The minimum absolute atomic E-state index is 0.189. The summed E-state index contributed by atoms with van der Waals surface area (Å²) in [6.45, 7) is 8.39. The van der Waals surface area contributed by atoms with E-state index in [0.29, 0.717) is 21.9 Å². The number of amides is 1. The summed E-state index contributed by atoms with van der Waals surface area (Å²) in [5, 5.41) is 11.6. The number of carbonyl (C=O) groups is 1. The number of hydrogen-bond donors (Lipinski definition) is 1. The topological polar surface area (TPSA) is 74.0 Å². The maximum atomic E-state index is 12.6. The highest BCUT2D eigenvalue weighted by molar-refractivity contribution is 9.10. The van der Waals surface area contributed by atoms with Crippen molar-refractivity contribution in [1.82, 2.24) is 19.6 Å². The van der Waals surface area contributed by atoms with Crippen LogP contribution in [0.5, 0.6) is 0 Å². The van der Waals surface area contributed by atoms with Crippen molar-refractivity contribution >= 4 is 27.7 Å². The van der Waals surface area contributed by atoms with Gasteiger partial charge in [0.15, 0.2) is 0 Å². The standard InChI is InChI=1S/C16H22BrN5O2/c1-16(2,3)22-9-12(14(17)20-22)15(23)19-13-4-6-18-21(13)8-11-5-7-24-10-11/h4,6,9,11H,5,7-8,10H2,1-3H3,(H,19,23)/t11-/m1/s1. The van der Waals surface area contributed by atoms with Crippen LogP contribution in [0.25, 0.3) is 0 Å². The SMILES string of the molecule is CC(C)(C)n1cc(C(=O)Nc2ccnn2C[C@H]2CCOC2)c(Br)n1. The Morgan fingerprint density at radius 2 is 2.29 bits per heavy atom. The number of aromatic nitrogens is 4. The van der Waals surface area contributed by atoms with E-state index in [4.69, 9.17) is 4.74 Å². The molecular formula is C16H22BrN5O2. The van der Waals surface area contributed by atoms with Crippen molar-refractivity contribution in [3.8, 4) is 0 Å². The number of anilines is 1. The van der Waals surface area contributed by atoms with Gasteiger partial charge in [-0.2, -0.15) is 10.2 Å². The van der Waals surface area contributed by atoms with Gasteiger partial charge in [-0.05, 0) is 43.1 Å². The van der Waals surface area contributed by atoms with Crippen molar-refractivity contribution in [2.45, 2.75) is 39.3 Å². The van der Waals surface area contributed by atoms with Gasteiger partial charge >= 0.3 is 0 Å². The summed E-state index contributed by atoms with van der Waals surface area (Å²) < 4.78 is 9.53. The summed E-state index contributed by atoms with van der Waals surface area (Å²) in [7, 11) is 0. The zero-order valence-electron chi connectivity index (χ0n) is 14.1. The van der Waals surface area contributed by atoms with Gasteiger partial charge in [-0.1, -0.05) is 0 Å². The van der Waals surface area contributed by atoms with Gasteiger partial charge in [0, 0.05) is 31.3 Å². The van der Waals surface area contributed by atoms with E-state index in [0.717, 1.165) is 26.2 Å². The molecule has 0 radical (unpaired) electrons. The molecule has 0 bridgehead atoms. The molecule has 130 valence electrons. The van der Waals surface area contributed by atoms with E-state index >= 15 is 0 Å². The maximum Gasteiger partial charge on any atom is 0.261 e. The molecule has 0 aliphatic carbocycles. The summed E-state index contributed by atoms with van der Waals surface area (Å²) in [5.41, 5.74) is 0.313. The molecule has 2 aromatic heterocycles. The largest absolute Gasteiger partial charge is 0.381 e. The lowest BCUT2D eigenvalue weighted by Crippen LogP contribution is -2.22. The van der Waals surface area contributed by atoms with Crippen LogP contribution in [0.15, 0.2) is 23.1 Å². The predicted octanol–water partition coefficient (Wildman–Crippen LogP) is 2.89. The van der Waals surface area contributed by atoms with E-state index in [1.54, 1.807) is 23.1 Å². The summed E-state index contributed by atoms with van der Waals surface area (Å²) in [6.07, 6.45) is 4.47. The summed E-state index contributed by atoms with van der Waals surface area (Å²) >= 11 is 3.37. The van der Waals surface area contributed by atoms with Crippen LogP contribution in [0.2, 0.25) is 0 Å². The fourth-order valence-corrected chi connectivity index (χ4v) is 3.04. The van der Waals surface area contributed by atoms with Crippen LogP contribution in [-0.2, 0) is 16.8 Å². The van der Waals surface area contributed by atoms with Crippen LogP contribution in [0, 0.1) is 5.92 Å². The molecule has 1 aliphatic rings. The molecule has 3 rings (SSSR count). The van der Waals surface area contributed by atoms with Crippen molar-refractivity contribution in [3.63, 3.8) is 0 Å². The first-order valence-electron chi connectivity index (χ1n) is 8.01. The molecule has 0 aromatic carbocycles. The second-order valence-electron chi connectivity index (χ2n) is 7.03. The van der Waals surface area contributed by atoms with Gasteiger partial charge in [0.25, 0.3) is 5.91 Å². The highest BCUT2D eigenvalue weighted by atomic mass is 79.9. The minimum Gasteiger partial charge on any atom is -0.381 e. The number of halogens is 1. The summed E-state index contributed by atoms with van der Waals surface area (Å²) in [6, 6.07) is 1.80. The molecule has 2 aromatic rings. The number of rotatable bonds is 4. The lowest BCUT2D eigenvalue weighted by Gasteiger charge is -2.18. The molecule has 1 aliphatic heterocycles. The highest BCUT2D eigenvalue weighted by Gasteiger charge is 2.22. The Morgan fingerprint density at radius 1 is 1.50 bits per heavy atom. The molecule has 7 nitrogen and oxygen atoms in total. The monoisotopic (exact) mass is 395 g/mol. The first-order valence-corrected chi connectivity index (χ1v) is 8.80. The molecule has 24 heavy (non-hydrogen) atoms. The van der Waals surface area contributed by atoms with Crippen molar-refractivity contribution in [1.29, 1.82) is 0 Å². The lowest BCUT2D eigenvalue weighted by atomic mass is 10.1. The summed E-state index contributed by atoms with van der Waals surface area (Å²) in [5.74, 6) is 0.917. The highest BCUT2D eigenvalue weighted by Crippen LogP contribution is 2.22. The molecule has 1 saturated heterocycles. The zero-order valence-corrected chi connectivity index (χ0v) is 15.7. The van der Waals surface area contributed by atoms with Crippen molar-refractivity contribution < 1.29 is 9.53 Å². The van der Waals surface area contributed by atoms with E-state index in [-0.39, 0.29) is 11.4 Å². The molecule has 3 heterocycles. The number of carbonyl (C=O) groups excluding carboxylic acids is 1. The van der Waals surface area contributed by atoms with E-state index in [1.807, 2.05) is 25.5 Å². The van der Waals surface area contributed by atoms with Gasteiger partial charge in [0.2, 0.25) is 0 Å². The normalized spacial score (nSPS) is 18.1. The molecule has 0 spiro atoms. The summed E-state index contributed by atoms with van der Waals surface area (Å²) in [4.78, 5) is 12.6. The molecule has 8 heteroatoms. The van der Waals surface area contributed by atoms with E-state index < -0.39 is 0 Å². The molecule has 0 unspecified atom stereocenters. The van der Waals surface area contributed by atoms with Crippen LogP contribution in [0.3, 0.4) is 0 Å². The number of nitrogens with one attached hydrogen (secondary N) is 1. The zero-order chi connectivity index (χ0) is 17.3. The second kappa shape index (κ2) is 6.68. The van der Waals surface area contributed by atoms with Crippen LogP contribution < -0.4 is 5.32 Å². The molecule has 1 atom stereocenters. The van der Waals surface area contributed by atoms with Gasteiger partial charge in [0.05, 0.1) is 23.9 Å². The number of hydrogen-bond acceptors (Lipinski definition) is 4. The Hall–Kier alpha value is -1.67. The van der Waals surface area contributed by atoms with Crippen LogP contribution in [0.1, 0.15) is 37.6 Å². The third-order valence-corrected chi connectivity index (χ3v) is 4.60. The first kappa shape index (κ1) is 17.2. The van der Waals surface area contributed by atoms with E-state index in [2.05, 4.69) is 31.4 Å². The van der Waals surface area contributed by atoms with Crippen molar-refractivity contribution in [2.75, 3.05) is 18.5 Å². The third-order valence-electron chi connectivity index (χ3n) is 4.01. The molecule has 1 fully saturated rings. The van der Waals surface area contributed by atoms with E-state index in [9.17, 15) is 4.79 Å².